The molecule has 0 saturated carbocycles. The monoisotopic (exact) mass is 391 g/mol. The average Bonchev–Trinajstić information content (AvgIpc) is 3.08. The Hall–Kier alpha value is -3.11. The Morgan fingerprint density at radius 3 is 2.50 bits per heavy atom. The van der Waals surface area contributed by atoms with E-state index in [1.165, 1.54) is 0 Å². The van der Waals surface area contributed by atoms with Crippen LogP contribution in [0.5, 0.6) is 5.75 Å². The molecule has 0 fully saturated rings. The Balaban J connectivity index is 1.62. The van der Waals surface area contributed by atoms with Gasteiger partial charge in [-0.05, 0) is 59.2 Å². The maximum Gasteiger partial charge on any atom is 0.363 e. The lowest BCUT2D eigenvalue weighted by atomic mass is 9.97. The van der Waals surface area contributed by atoms with Crippen molar-refractivity contribution >= 4 is 40.3 Å². The van der Waals surface area contributed by atoms with E-state index in [-0.39, 0.29) is 11.6 Å². The van der Waals surface area contributed by atoms with Crippen LogP contribution in [0.3, 0.4) is 0 Å². The van der Waals surface area contributed by atoms with E-state index in [1.807, 2.05) is 49.4 Å². The normalized spacial score (nSPS) is 16.2. The number of methoxy groups -OCH3 is 1. The first kappa shape index (κ1) is 18.3. The van der Waals surface area contributed by atoms with E-state index in [9.17, 15) is 4.79 Å². The van der Waals surface area contributed by atoms with Crippen LogP contribution in [0.2, 0.25) is 5.02 Å². The van der Waals surface area contributed by atoms with E-state index in [0.717, 1.165) is 27.6 Å². The molecule has 0 saturated heterocycles. The molecule has 0 spiro atoms. The van der Waals surface area contributed by atoms with Crippen LogP contribution in [-0.2, 0) is 9.53 Å². The van der Waals surface area contributed by atoms with Gasteiger partial charge >= 0.3 is 5.97 Å². The summed E-state index contributed by atoms with van der Waals surface area (Å²) >= 11 is 5.90. The van der Waals surface area contributed by atoms with Crippen LogP contribution in [-0.4, -0.2) is 19.0 Å². The van der Waals surface area contributed by atoms with Crippen molar-refractivity contribution in [2.24, 2.45) is 4.99 Å². The quantitative estimate of drug-likeness (QED) is 0.429. The van der Waals surface area contributed by atoms with Crippen LogP contribution in [0.15, 0.2) is 71.4 Å². The third-order valence-electron chi connectivity index (χ3n) is 4.75. The van der Waals surface area contributed by atoms with Gasteiger partial charge in [0.25, 0.3) is 0 Å². The van der Waals surface area contributed by atoms with E-state index in [2.05, 4.69) is 11.1 Å². The number of halogens is 1. The van der Waals surface area contributed by atoms with Crippen LogP contribution in [0.1, 0.15) is 24.0 Å². The second kappa shape index (κ2) is 7.49. The molecule has 140 valence electrons. The predicted molar refractivity (Wildman–Crippen MR) is 112 cm³/mol. The summed E-state index contributed by atoms with van der Waals surface area (Å²) in [5, 5.41) is 2.82. The van der Waals surface area contributed by atoms with Crippen LogP contribution >= 0.6 is 11.6 Å². The van der Waals surface area contributed by atoms with Crippen molar-refractivity contribution in [3.05, 3.63) is 82.5 Å². The zero-order chi connectivity index (χ0) is 19.7. The Labute approximate surface area is 168 Å². The van der Waals surface area contributed by atoms with Crippen molar-refractivity contribution in [3.63, 3.8) is 0 Å². The van der Waals surface area contributed by atoms with E-state index < -0.39 is 5.97 Å². The topological polar surface area (TPSA) is 47.9 Å². The smallest absolute Gasteiger partial charge is 0.363 e. The SMILES string of the molecule is COc1ccc2cc(C(C)C3=N/C(=C/c4ccc(Cl)cc4)C(=O)O3)ccc2c1. The number of carbonyl (C=O) groups is 1. The number of nitrogens with zero attached hydrogens (tertiary/aromatic N) is 1. The standard InChI is InChI=1S/C23H18ClNO3/c1-14(16-5-6-18-13-20(27-2)10-7-17(18)12-16)22-25-21(23(26)28-22)11-15-3-8-19(24)9-4-15/h3-14H,1-2H3/b21-11+. The maximum atomic E-state index is 12.2. The van der Waals surface area contributed by atoms with Gasteiger partial charge in [-0.15, -0.1) is 0 Å². The van der Waals surface area contributed by atoms with Gasteiger partial charge < -0.3 is 9.47 Å². The fourth-order valence-corrected chi connectivity index (χ4v) is 3.23. The van der Waals surface area contributed by atoms with E-state index in [4.69, 9.17) is 21.1 Å². The largest absolute Gasteiger partial charge is 0.497 e. The molecule has 3 aromatic carbocycles. The summed E-state index contributed by atoms with van der Waals surface area (Å²) in [7, 11) is 1.65. The number of benzene rings is 3. The minimum atomic E-state index is -0.442. The fourth-order valence-electron chi connectivity index (χ4n) is 3.11. The number of esters is 1. The molecule has 1 aliphatic rings. The highest BCUT2D eigenvalue weighted by atomic mass is 35.5. The van der Waals surface area contributed by atoms with E-state index in [0.29, 0.717) is 10.9 Å². The lowest BCUT2D eigenvalue weighted by Gasteiger charge is -2.12. The number of rotatable bonds is 4. The van der Waals surface area contributed by atoms with E-state index >= 15 is 0 Å². The lowest BCUT2D eigenvalue weighted by Crippen LogP contribution is -2.11. The first-order chi connectivity index (χ1) is 13.5. The van der Waals surface area contributed by atoms with Gasteiger partial charge in [0.2, 0.25) is 5.90 Å². The summed E-state index contributed by atoms with van der Waals surface area (Å²) < 4.78 is 10.7. The highest BCUT2D eigenvalue weighted by Gasteiger charge is 2.27. The van der Waals surface area contributed by atoms with Gasteiger partial charge in [0.1, 0.15) is 5.75 Å². The molecular formula is C23H18ClNO3. The van der Waals surface area contributed by atoms with Gasteiger partial charge in [0, 0.05) is 5.02 Å². The molecule has 1 heterocycles. The van der Waals surface area contributed by atoms with Gasteiger partial charge in [0.15, 0.2) is 5.70 Å². The lowest BCUT2D eigenvalue weighted by molar-refractivity contribution is -0.130. The fraction of sp³-hybridized carbons (Fsp3) is 0.130. The van der Waals surface area contributed by atoms with Crippen LogP contribution in [0.25, 0.3) is 16.8 Å². The number of hydrogen-bond donors (Lipinski definition) is 0. The molecule has 4 rings (SSSR count). The second-order valence-corrected chi connectivity index (χ2v) is 7.05. The summed E-state index contributed by atoms with van der Waals surface area (Å²) in [5.74, 6) is 0.631. The van der Waals surface area contributed by atoms with Gasteiger partial charge in [-0.25, -0.2) is 9.79 Å². The van der Waals surface area contributed by atoms with Crippen LogP contribution in [0.4, 0.5) is 0 Å². The first-order valence-corrected chi connectivity index (χ1v) is 9.27. The molecular weight excluding hydrogens is 374 g/mol. The number of hydrogen-bond acceptors (Lipinski definition) is 4. The molecule has 5 heteroatoms. The van der Waals surface area contributed by atoms with Gasteiger partial charge in [0.05, 0.1) is 13.0 Å². The highest BCUT2D eigenvalue weighted by molar-refractivity contribution is 6.30. The molecule has 0 aromatic heterocycles. The average molecular weight is 392 g/mol. The zero-order valence-electron chi connectivity index (χ0n) is 15.5. The summed E-state index contributed by atoms with van der Waals surface area (Å²) in [5.41, 5.74) is 2.15. The van der Waals surface area contributed by atoms with Crippen molar-refractivity contribution in [1.82, 2.24) is 0 Å². The highest BCUT2D eigenvalue weighted by Crippen LogP contribution is 2.29. The van der Waals surface area contributed by atoms with Crippen molar-refractivity contribution < 1.29 is 14.3 Å². The van der Waals surface area contributed by atoms with Crippen molar-refractivity contribution in [1.29, 1.82) is 0 Å². The third-order valence-corrected chi connectivity index (χ3v) is 5.00. The van der Waals surface area contributed by atoms with E-state index in [1.54, 1.807) is 25.3 Å². The Morgan fingerprint density at radius 1 is 1.04 bits per heavy atom. The molecule has 3 aromatic rings. The Morgan fingerprint density at radius 2 is 1.75 bits per heavy atom. The summed E-state index contributed by atoms with van der Waals surface area (Å²) in [6.45, 7) is 1.97. The maximum absolute atomic E-state index is 12.2. The molecule has 1 atom stereocenters. The molecule has 0 bridgehead atoms. The third kappa shape index (κ3) is 3.64. The summed E-state index contributed by atoms with van der Waals surface area (Å²) in [4.78, 5) is 16.7. The minimum absolute atomic E-state index is 0.147. The zero-order valence-corrected chi connectivity index (χ0v) is 16.2. The molecule has 0 aliphatic carbocycles. The van der Waals surface area contributed by atoms with Crippen LogP contribution in [0, 0.1) is 0 Å². The summed E-state index contributed by atoms with van der Waals surface area (Å²) in [6.07, 6.45) is 1.70. The molecule has 0 amide bonds. The van der Waals surface area contributed by atoms with Crippen molar-refractivity contribution in [2.45, 2.75) is 12.8 Å². The number of ether oxygens (including phenoxy) is 2. The van der Waals surface area contributed by atoms with Crippen LogP contribution < -0.4 is 4.74 Å². The second-order valence-electron chi connectivity index (χ2n) is 6.61. The van der Waals surface area contributed by atoms with Crippen molar-refractivity contribution in [3.8, 4) is 5.75 Å². The summed E-state index contributed by atoms with van der Waals surface area (Å²) in [6, 6.07) is 19.3. The Bertz CT molecular complexity index is 1120. The number of cyclic esters (lactones) is 1. The Kier molecular flexibility index (Phi) is 4.88. The molecule has 0 radical (unpaired) electrons. The molecule has 1 aliphatic heterocycles. The predicted octanol–water partition coefficient (Wildman–Crippen LogP) is 5.60. The first-order valence-electron chi connectivity index (χ1n) is 8.89. The molecule has 4 nitrogen and oxygen atoms in total. The van der Waals surface area contributed by atoms with Gasteiger partial charge in [-0.3, -0.25) is 0 Å². The number of fused-ring (bicyclic) bond motifs is 1. The molecule has 0 N–H and O–H groups in total. The number of aliphatic imine (C=N–C) groups is 1. The van der Waals surface area contributed by atoms with Crippen molar-refractivity contribution in [2.75, 3.05) is 7.11 Å². The minimum Gasteiger partial charge on any atom is -0.497 e. The molecule has 28 heavy (non-hydrogen) atoms. The van der Waals surface area contributed by atoms with Gasteiger partial charge in [-0.1, -0.05) is 48.0 Å². The van der Waals surface area contributed by atoms with Gasteiger partial charge in [-0.2, -0.15) is 0 Å². The number of carbonyl (C=O) groups excluding carboxylic acids is 1. The molecule has 1 unspecified atom stereocenters.